The molecule has 2 N–H and O–H groups in total. The van der Waals surface area contributed by atoms with Crippen LogP contribution in [0.15, 0.2) is 12.4 Å². The molecule has 0 unspecified atom stereocenters. The van der Waals surface area contributed by atoms with Crippen LogP contribution in [0.1, 0.15) is 25.7 Å². The van der Waals surface area contributed by atoms with Crippen LogP contribution in [-0.2, 0) is 0 Å². The van der Waals surface area contributed by atoms with Crippen molar-refractivity contribution in [3.05, 3.63) is 12.4 Å². The number of anilines is 2. The smallest absolute Gasteiger partial charge is 0.133 e. The Morgan fingerprint density at radius 2 is 2.28 bits per heavy atom. The molecule has 100 valence electrons. The fraction of sp³-hybridized carbons (Fsp3) is 0.692. The maximum Gasteiger partial charge on any atom is 0.133 e. The van der Waals surface area contributed by atoms with Crippen LogP contribution in [0.2, 0.25) is 0 Å². The first-order chi connectivity index (χ1) is 8.79. The van der Waals surface area contributed by atoms with Gasteiger partial charge < -0.3 is 15.3 Å². The average Bonchev–Trinajstić information content (AvgIpc) is 2.34. The van der Waals surface area contributed by atoms with Crippen LogP contribution in [0.25, 0.3) is 0 Å². The van der Waals surface area contributed by atoms with Gasteiger partial charge in [0, 0.05) is 32.8 Å². The summed E-state index contributed by atoms with van der Waals surface area (Å²) in [5.74, 6) is 2.60. The number of rotatable bonds is 7. The highest BCUT2D eigenvalue weighted by molar-refractivity contribution is 5.47. The molecular weight excluding hydrogens is 228 g/mol. The summed E-state index contributed by atoms with van der Waals surface area (Å²) in [6, 6.07) is 1.97. The highest BCUT2D eigenvalue weighted by atomic mass is 16.3. The predicted octanol–water partition coefficient (Wildman–Crippen LogP) is 1.51. The largest absolute Gasteiger partial charge is 0.396 e. The van der Waals surface area contributed by atoms with E-state index in [2.05, 4.69) is 15.3 Å². The van der Waals surface area contributed by atoms with Crippen molar-refractivity contribution in [3.63, 3.8) is 0 Å². The van der Waals surface area contributed by atoms with E-state index in [0.29, 0.717) is 0 Å². The number of nitrogens with zero attached hydrogens (tertiary/aromatic N) is 3. The maximum atomic E-state index is 8.82. The Kier molecular flexibility index (Phi) is 4.75. The summed E-state index contributed by atoms with van der Waals surface area (Å²) < 4.78 is 0. The van der Waals surface area contributed by atoms with Crippen LogP contribution in [0.3, 0.4) is 0 Å². The lowest BCUT2D eigenvalue weighted by Crippen LogP contribution is -2.23. The second-order valence-corrected chi connectivity index (χ2v) is 4.94. The van der Waals surface area contributed by atoms with Crippen molar-refractivity contribution in [2.45, 2.75) is 25.7 Å². The zero-order valence-electron chi connectivity index (χ0n) is 11.0. The Morgan fingerprint density at radius 3 is 2.94 bits per heavy atom. The maximum absolute atomic E-state index is 8.82. The highest BCUT2D eigenvalue weighted by Crippen LogP contribution is 2.26. The van der Waals surface area contributed by atoms with Crippen LogP contribution in [0, 0.1) is 5.92 Å². The SMILES string of the molecule is CN(CCCO)c1cc(NCC2CCC2)ncn1. The van der Waals surface area contributed by atoms with Gasteiger partial charge in [0.2, 0.25) is 0 Å². The number of aliphatic hydroxyl groups excluding tert-OH is 1. The third-order valence-corrected chi connectivity index (χ3v) is 3.49. The summed E-state index contributed by atoms with van der Waals surface area (Å²) in [5, 5.41) is 12.2. The van der Waals surface area contributed by atoms with Gasteiger partial charge in [0.05, 0.1) is 0 Å². The molecular formula is C13H22N4O. The fourth-order valence-electron chi connectivity index (χ4n) is 2.02. The normalized spacial score (nSPS) is 15.2. The summed E-state index contributed by atoms with van der Waals surface area (Å²) >= 11 is 0. The predicted molar refractivity (Wildman–Crippen MR) is 72.8 cm³/mol. The first-order valence-electron chi connectivity index (χ1n) is 6.67. The van der Waals surface area contributed by atoms with E-state index in [4.69, 9.17) is 5.11 Å². The molecule has 1 heterocycles. The van der Waals surface area contributed by atoms with E-state index in [9.17, 15) is 0 Å². The summed E-state index contributed by atoms with van der Waals surface area (Å²) in [5.41, 5.74) is 0. The highest BCUT2D eigenvalue weighted by Gasteiger charge is 2.17. The van der Waals surface area contributed by atoms with Crippen molar-refractivity contribution >= 4 is 11.6 Å². The second kappa shape index (κ2) is 6.54. The Bertz CT molecular complexity index is 368. The average molecular weight is 250 g/mol. The number of hydrogen-bond donors (Lipinski definition) is 2. The molecule has 0 radical (unpaired) electrons. The van der Waals surface area contributed by atoms with E-state index in [1.807, 2.05) is 18.0 Å². The van der Waals surface area contributed by atoms with Gasteiger partial charge in [-0.15, -0.1) is 0 Å². The molecule has 0 amide bonds. The number of nitrogens with one attached hydrogen (secondary N) is 1. The molecule has 5 nitrogen and oxygen atoms in total. The summed E-state index contributed by atoms with van der Waals surface area (Å²) in [6.07, 6.45) is 6.38. The minimum absolute atomic E-state index is 0.211. The summed E-state index contributed by atoms with van der Waals surface area (Å²) in [4.78, 5) is 10.5. The van der Waals surface area contributed by atoms with Crippen LogP contribution in [-0.4, -0.2) is 41.8 Å². The van der Waals surface area contributed by atoms with E-state index in [1.54, 1.807) is 6.33 Å². The van der Waals surface area contributed by atoms with Gasteiger partial charge in [-0.05, 0) is 25.2 Å². The molecule has 1 aliphatic rings. The van der Waals surface area contributed by atoms with Gasteiger partial charge in [-0.3, -0.25) is 0 Å². The van der Waals surface area contributed by atoms with Gasteiger partial charge in [-0.1, -0.05) is 6.42 Å². The topological polar surface area (TPSA) is 61.3 Å². The molecule has 0 atom stereocenters. The Hall–Kier alpha value is -1.36. The third-order valence-electron chi connectivity index (χ3n) is 3.49. The minimum Gasteiger partial charge on any atom is -0.396 e. The molecule has 1 aromatic heterocycles. The van der Waals surface area contributed by atoms with Gasteiger partial charge in [-0.2, -0.15) is 0 Å². The molecule has 1 saturated carbocycles. The van der Waals surface area contributed by atoms with Gasteiger partial charge >= 0.3 is 0 Å². The number of aliphatic hydroxyl groups is 1. The van der Waals surface area contributed by atoms with E-state index >= 15 is 0 Å². The molecule has 1 aliphatic carbocycles. The van der Waals surface area contributed by atoms with Gasteiger partial charge in [-0.25, -0.2) is 9.97 Å². The van der Waals surface area contributed by atoms with Crippen LogP contribution < -0.4 is 10.2 Å². The summed E-state index contributed by atoms with van der Waals surface area (Å²) in [6.45, 7) is 2.02. The Labute approximate surface area is 108 Å². The lowest BCUT2D eigenvalue weighted by Gasteiger charge is -2.25. The standard InChI is InChI=1S/C13H22N4O/c1-17(6-3-7-18)13-8-12(15-10-16-13)14-9-11-4-2-5-11/h8,10-11,18H,2-7,9H2,1H3,(H,14,15,16). The first-order valence-corrected chi connectivity index (χ1v) is 6.67. The molecule has 2 rings (SSSR count). The molecule has 0 bridgehead atoms. The van der Waals surface area contributed by atoms with Gasteiger partial charge in [0.1, 0.15) is 18.0 Å². The quantitative estimate of drug-likeness (QED) is 0.768. The van der Waals surface area contributed by atoms with Gasteiger partial charge in [0.15, 0.2) is 0 Å². The van der Waals surface area contributed by atoms with Crippen molar-refractivity contribution in [2.24, 2.45) is 5.92 Å². The van der Waals surface area contributed by atoms with Gasteiger partial charge in [0.25, 0.3) is 0 Å². The number of aromatic nitrogens is 2. The van der Waals surface area contributed by atoms with E-state index in [-0.39, 0.29) is 6.61 Å². The number of hydrogen-bond acceptors (Lipinski definition) is 5. The fourth-order valence-corrected chi connectivity index (χ4v) is 2.02. The van der Waals surface area contributed by atoms with Crippen LogP contribution >= 0.6 is 0 Å². The van der Waals surface area contributed by atoms with Crippen molar-refractivity contribution in [1.29, 1.82) is 0 Å². The molecule has 0 spiro atoms. The molecule has 18 heavy (non-hydrogen) atoms. The van der Waals surface area contributed by atoms with Crippen LogP contribution in [0.4, 0.5) is 11.6 Å². The van der Waals surface area contributed by atoms with Crippen molar-refractivity contribution < 1.29 is 5.11 Å². The molecule has 0 saturated heterocycles. The molecule has 5 heteroatoms. The Morgan fingerprint density at radius 1 is 1.44 bits per heavy atom. The van der Waals surface area contributed by atoms with Crippen LogP contribution in [0.5, 0.6) is 0 Å². The van der Waals surface area contributed by atoms with Crippen molar-refractivity contribution in [1.82, 2.24) is 9.97 Å². The lowest BCUT2D eigenvalue weighted by atomic mass is 9.85. The molecule has 1 fully saturated rings. The summed E-state index contributed by atoms with van der Waals surface area (Å²) in [7, 11) is 1.98. The zero-order chi connectivity index (χ0) is 12.8. The molecule has 0 aliphatic heterocycles. The zero-order valence-corrected chi connectivity index (χ0v) is 11.0. The van der Waals surface area contributed by atoms with E-state index in [1.165, 1.54) is 19.3 Å². The second-order valence-electron chi connectivity index (χ2n) is 4.94. The monoisotopic (exact) mass is 250 g/mol. The molecule has 0 aromatic carbocycles. The third kappa shape index (κ3) is 3.57. The van der Waals surface area contributed by atoms with Crippen molar-refractivity contribution in [2.75, 3.05) is 37.0 Å². The minimum atomic E-state index is 0.211. The lowest BCUT2D eigenvalue weighted by molar-refractivity contribution is 0.290. The van der Waals surface area contributed by atoms with E-state index < -0.39 is 0 Å². The Balaban J connectivity index is 1.87. The first kappa shape index (κ1) is 13.1. The van der Waals surface area contributed by atoms with Crippen molar-refractivity contribution in [3.8, 4) is 0 Å². The molecule has 1 aromatic rings. The van der Waals surface area contributed by atoms with E-state index in [0.717, 1.165) is 37.1 Å².